The molecule has 0 aliphatic carbocycles. The van der Waals surface area contributed by atoms with Crippen LogP contribution >= 0.6 is 0 Å². The van der Waals surface area contributed by atoms with Gasteiger partial charge < -0.3 is 12.4 Å². The maximum Gasteiger partial charge on any atom is 0.243 e. The summed E-state index contributed by atoms with van der Waals surface area (Å²) in [4.78, 5) is 0. The standard InChI is InChI=1S/C31H61N2.ClH/c1-3-5-7-9-11-13-15-17-19-21-23-25-27-32-29-30-33(31-32)28-26-24-22-20-18-16-14-12-10-8-6-4-2;/h29-31H,3-28H2,1-2H3;1H/q+1;/p-1. The Labute approximate surface area is 221 Å². The van der Waals surface area contributed by atoms with Gasteiger partial charge in [0.15, 0.2) is 0 Å². The zero-order chi connectivity index (χ0) is 23.7. The van der Waals surface area contributed by atoms with Gasteiger partial charge in [0.05, 0.1) is 13.1 Å². The van der Waals surface area contributed by atoms with E-state index >= 15 is 0 Å². The van der Waals surface area contributed by atoms with Crippen molar-refractivity contribution in [1.29, 1.82) is 0 Å². The van der Waals surface area contributed by atoms with Gasteiger partial charge in [-0.1, -0.05) is 142 Å². The minimum atomic E-state index is 0. The van der Waals surface area contributed by atoms with E-state index in [1.54, 1.807) is 0 Å². The van der Waals surface area contributed by atoms with Crippen LogP contribution in [0, 0.1) is 0 Å². The number of hydrogen-bond acceptors (Lipinski definition) is 0. The van der Waals surface area contributed by atoms with E-state index in [-0.39, 0.29) is 12.4 Å². The van der Waals surface area contributed by atoms with Gasteiger partial charge in [0.1, 0.15) is 12.4 Å². The Hall–Kier alpha value is -0.500. The van der Waals surface area contributed by atoms with E-state index in [4.69, 9.17) is 0 Å². The summed E-state index contributed by atoms with van der Waals surface area (Å²) in [5.41, 5.74) is 0. The monoisotopic (exact) mass is 496 g/mol. The van der Waals surface area contributed by atoms with Crippen LogP contribution in [0.1, 0.15) is 168 Å². The molecule has 3 heteroatoms. The molecule has 0 fully saturated rings. The van der Waals surface area contributed by atoms with Gasteiger partial charge in [-0.3, -0.25) is 0 Å². The third-order valence-corrected chi connectivity index (χ3v) is 7.29. The molecular weight excluding hydrogens is 436 g/mol. The van der Waals surface area contributed by atoms with Gasteiger partial charge in [-0.05, 0) is 25.7 Å². The summed E-state index contributed by atoms with van der Waals surface area (Å²) in [5, 5.41) is 0. The predicted molar refractivity (Wildman–Crippen MR) is 147 cm³/mol. The fourth-order valence-corrected chi connectivity index (χ4v) is 4.97. The van der Waals surface area contributed by atoms with Crippen LogP contribution in [0.15, 0.2) is 18.7 Å². The first kappa shape index (κ1) is 33.5. The fourth-order valence-electron chi connectivity index (χ4n) is 4.97. The predicted octanol–water partition coefficient (Wildman–Crippen LogP) is 7.18. The van der Waals surface area contributed by atoms with Gasteiger partial charge in [0, 0.05) is 0 Å². The zero-order valence-electron chi connectivity index (χ0n) is 23.4. The molecule has 0 aromatic carbocycles. The molecule has 0 amide bonds. The average Bonchev–Trinajstić information content (AvgIpc) is 3.28. The molecule has 0 unspecified atom stereocenters. The lowest BCUT2D eigenvalue weighted by molar-refractivity contribution is -0.696. The number of aryl methyl sites for hydroxylation is 2. The quantitative estimate of drug-likeness (QED) is 0.0947. The largest absolute Gasteiger partial charge is 1.00 e. The molecule has 0 N–H and O–H groups in total. The summed E-state index contributed by atoms with van der Waals surface area (Å²) in [6, 6.07) is 0. The highest BCUT2D eigenvalue weighted by Crippen LogP contribution is 2.13. The first-order valence-electron chi connectivity index (χ1n) is 15.4. The molecule has 202 valence electrons. The molecule has 0 saturated heterocycles. The van der Waals surface area contributed by atoms with Crippen LogP contribution in [-0.2, 0) is 13.1 Å². The van der Waals surface area contributed by atoms with Gasteiger partial charge in [0.2, 0.25) is 6.33 Å². The summed E-state index contributed by atoms with van der Waals surface area (Å²) >= 11 is 0. The maximum atomic E-state index is 2.40. The first-order chi connectivity index (χ1) is 16.4. The van der Waals surface area contributed by atoms with Gasteiger partial charge in [-0.25, -0.2) is 9.13 Å². The number of unbranched alkanes of at least 4 members (excludes halogenated alkanes) is 22. The molecular formula is C31H61ClN2. The molecule has 34 heavy (non-hydrogen) atoms. The van der Waals surface area contributed by atoms with E-state index < -0.39 is 0 Å². The molecule has 0 saturated carbocycles. The van der Waals surface area contributed by atoms with Gasteiger partial charge in [-0.2, -0.15) is 0 Å². The lowest BCUT2D eigenvalue weighted by Crippen LogP contribution is -3.00. The number of halogens is 1. The molecule has 0 radical (unpaired) electrons. The number of aromatic nitrogens is 2. The Morgan fingerprint density at radius 3 is 1.24 bits per heavy atom. The third-order valence-electron chi connectivity index (χ3n) is 7.29. The lowest BCUT2D eigenvalue weighted by Gasteiger charge is -2.02. The Morgan fingerprint density at radius 1 is 0.471 bits per heavy atom. The lowest BCUT2D eigenvalue weighted by atomic mass is 10.1. The second-order valence-corrected chi connectivity index (χ2v) is 10.7. The number of rotatable bonds is 26. The summed E-state index contributed by atoms with van der Waals surface area (Å²) in [5.74, 6) is 0. The number of imidazole rings is 1. The minimum absolute atomic E-state index is 0. The van der Waals surface area contributed by atoms with Crippen LogP contribution in [0.4, 0.5) is 0 Å². The first-order valence-corrected chi connectivity index (χ1v) is 15.4. The van der Waals surface area contributed by atoms with Gasteiger partial charge in [-0.15, -0.1) is 0 Å². The maximum absolute atomic E-state index is 2.40. The minimum Gasteiger partial charge on any atom is -1.00 e. The Balaban J connectivity index is 0.0000109. The molecule has 1 heterocycles. The van der Waals surface area contributed by atoms with Crippen molar-refractivity contribution in [2.24, 2.45) is 0 Å². The highest BCUT2D eigenvalue weighted by atomic mass is 35.5. The normalized spacial score (nSPS) is 11.1. The highest BCUT2D eigenvalue weighted by Gasteiger charge is 2.03. The van der Waals surface area contributed by atoms with E-state index in [2.05, 4.69) is 41.7 Å². The van der Waals surface area contributed by atoms with Crippen molar-refractivity contribution in [2.75, 3.05) is 0 Å². The summed E-state index contributed by atoms with van der Waals surface area (Å²) in [6.45, 7) is 6.99. The van der Waals surface area contributed by atoms with E-state index in [9.17, 15) is 0 Å². The van der Waals surface area contributed by atoms with Crippen molar-refractivity contribution >= 4 is 0 Å². The zero-order valence-corrected chi connectivity index (χ0v) is 24.1. The highest BCUT2D eigenvalue weighted by molar-refractivity contribution is 4.66. The van der Waals surface area contributed by atoms with Crippen LogP contribution in [-0.4, -0.2) is 4.57 Å². The molecule has 0 aliphatic rings. The smallest absolute Gasteiger partial charge is 0.243 e. The summed E-state index contributed by atoms with van der Waals surface area (Å²) in [6.07, 6.45) is 41.2. The Morgan fingerprint density at radius 2 is 0.824 bits per heavy atom. The Kier molecular flexibility index (Phi) is 26.7. The molecule has 0 aliphatic heterocycles. The van der Waals surface area contributed by atoms with Crippen LogP contribution in [0.2, 0.25) is 0 Å². The van der Waals surface area contributed by atoms with Crippen molar-refractivity contribution < 1.29 is 17.0 Å². The average molecular weight is 497 g/mol. The van der Waals surface area contributed by atoms with Crippen LogP contribution in [0.5, 0.6) is 0 Å². The molecule has 0 spiro atoms. The van der Waals surface area contributed by atoms with E-state index in [0.717, 1.165) is 0 Å². The van der Waals surface area contributed by atoms with Crippen LogP contribution < -0.4 is 17.0 Å². The van der Waals surface area contributed by atoms with E-state index in [0.29, 0.717) is 0 Å². The van der Waals surface area contributed by atoms with Crippen LogP contribution in [0.25, 0.3) is 0 Å². The second kappa shape index (κ2) is 27.1. The van der Waals surface area contributed by atoms with Crippen molar-refractivity contribution in [3.05, 3.63) is 18.7 Å². The van der Waals surface area contributed by atoms with Crippen molar-refractivity contribution in [3.63, 3.8) is 0 Å². The molecule has 1 rings (SSSR count). The molecule has 2 nitrogen and oxygen atoms in total. The molecule has 1 aromatic heterocycles. The fraction of sp³-hybridized carbons (Fsp3) is 0.903. The van der Waals surface area contributed by atoms with Gasteiger partial charge >= 0.3 is 0 Å². The van der Waals surface area contributed by atoms with Gasteiger partial charge in [0.25, 0.3) is 0 Å². The van der Waals surface area contributed by atoms with Crippen LogP contribution in [0.3, 0.4) is 0 Å². The second-order valence-electron chi connectivity index (χ2n) is 10.7. The van der Waals surface area contributed by atoms with Crippen molar-refractivity contribution in [2.45, 2.75) is 181 Å². The van der Waals surface area contributed by atoms with Crippen molar-refractivity contribution in [3.8, 4) is 0 Å². The number of hydrogen-bond donors (Lipinski definition) is 0. The third kappa shape index (κ3) is 22.0. The SMILES string of the molecule is CCCCCCCCCCCCCCn1cc[n+](CCCCCCCCCCCCCC)c1.[Cl-]. The van der Waals surface area contributed by atoms with Crippen molar-refractivity contribution in [1.82, 2.24) is 4.57 Å². The molecule has 1 aromatic rings. The summed E-state index contributed by atoms with van der Waals surface area (Å²) < 4.78 is 4.80. The summed E-state index contributed by atoms with van der Waals surface area (Å²) in [7, 11) is 0. The Bertz CT molecular complexity index is 457. The number of nitrogens with zero attached hydrogens (tertiary/aromatic N) is 2. The molecule has 0 bridgehead atoms. The van der Waals surface area contributed by atoms with E-state index in [1.807, 2.05) is 0 Å². The molecule has 0 atom stereocenters. The van der Waals surface area contributed by atoms with E-state index in [1.165, 1.54) is 167 Å². The topological polar surface area (TPSA) is 8.81 Å².